The summed E-state index contributed by atoms with van der Waals surface area (Å²) >= 11 is 11.7. The van der Waals surface area contributed by atoms with E-state index in [1.54, 1.807) is 18.2 Å². The van der Waals surface area contributed by atoms with Crippen molar-refractivity contribution >= 4 is 40.8 Å². The van der Waals surface area contributed by atoms with Crippen LogP contribution in [0.15, 0.2) is 42.5 Å². The molecule has 2 aromatic rings. The van der Waals surface area contributed by atoms with Crippen molar-refractivity contribution in [3.05, 3.63) is 63.6 Å². The Morgan fingerprint density at radius 1 is 1.21 bits per heavy atom. The molecule has 0 aliphatic rings. The molecule has 1 N–H and O–H groups in total. The van der Waals surface area contributed by atoms with Gasteiger partial charge in [-0.2, -0.15) is 5.26 Å². The summed E-state index contributed by atoms with van der Waals surface area (Å²) in [5.41, 5.74) is 0.962. The first-order valence-electron chi connectivity index (χ1n) is 6.88. The zero-order chi connectivity index (χ0) is 17.7. The Bertz CT molecular complexity index is 831. The molecule has 0 bridgehead atoms. The molecule has 2 aromatic carbocycles. The number of nitrogens with one attached hydrogen (secondary N) is 1. The summed E-state index contributed by atoms with van der Waals surface area (Å²) in [5.74, 6) is -1.26. The quantitative estimate of drug-likeness (QED) is 0.832. The average Bonchev–Trinajstić information content (AvgIpc) is 2.54. The van der Waals surface area contributed by atoms with E-state index >= 15 is 0 Å². The Morgan fingerprint density at radius 2 is 1.96 bits per heavy atom. The molecule has 24 heavy (non-hydrogen) atoms. The van der Waals surface area contributed by atoms with Gasteiger partial charge in [-0.15, -0.1) is 0 Å². The molecule has 0 aliphatic heterocycles. The minimum atomic E-state index is -1.05. The van der Waals surface area contributed by atoms with Gasteiger partial charge in [-0.05, 0) is 43.3 Å². The summed E-state index contributed by atoms with van der Waals surface area (Å²) in [6, 6.07) is 12.7. The second-order valence-corrected chi connectivity index (χ2v) is 5.70. The van der Waals surface area contributed by atoms with Gasteiger partial charge >= 0.3 is 5.97 Å². The molecular formula is C17H12Cl2N2O3. The molecule has 1 amide bonds. The summed E-state index contributed by atoms with van der Waals surface area (Å²) < 4.78 is 5.10. The lowest BCUT2D eigenvalue weighted by molar-refractivity contribution is -0.123. The number of amides is 1. The van der Waals surface area contributed by atoms with Gasteiger partial charge in [-0.25, -0.2) is 4.79 Å². The number of nitriles is 1. The first-order chi connectivity index (χ1) is 11.4. The molecule has 5 nitrogen and oxygen atoms in total. The van der Waals surface area contributed by atoms with Crippen LogP contribution in [-0.4, -0.2) is 18.0 Å². The maximum absolute atomic E-state index is 12.1. The van der Waals surface area contributed by atoms with E-state index in [9.17, 15) is 9.59 Å². The molecule has 0 radical (unpaired) electrons. The number of benzene rings is 2. The number of anilines is 1. The highest BCUT2D eigenvalue weighted by atomic mass is 35.5. The van der Waals surface area contributed by atoms with Crippen molar-refractivity contribution in [2.24, 2.45) is 0 Å². The number of carbonyl (C=O) groups excluding carboxylic acids is 2. The summed E-state index contributed by atoms with van der Waals surface area (Å²) in [6.45, 7) is 1.44. The van der Waals surface area contributed by atoms with Gasteiger partial charge in [0, 0.05) is 10.7 Å². The van der Waals surface area contributed by atoms with Gasteiger partial charge in [0.2, 0.25) is 0 Å². The van der Waals surface area contributed by atoms with Crippen LogP contribution in [-0.2, 0) is 9.53 Å². The number of hydrogen-bond acceptors (Lipinski definition) is 4. The lowest BCUT2D eigenvalue weighted by atomic mass is 10.2. The van der Waals surface area contributed by atoms with Crippen molar-refractivity contribution in [1.82, 2.24) is 0 Å². The van der Waals surface area contributed by atoms with E-state index in [2.05, 4.69) is 5.32 Å². The normalized spacial score (nSPS) is 11.2. The lowest BCUT2D eigenvalue weighted by Crippen LogP contribution is -2.30. The lowest BCUT2D eigenvalue weighted by Gasteiger charge is -2.14. The fourth-order valence-electron chi connectivity index (χ4n) is 1.84. The maximum Gasteiger partial charge on any atom is 0.340 e. The summed E-state index contributed by atoms with van der Waals surface area (Å²) in [7, 11) is 0. The highest BCUT2D eigenvalue weighted by Gasteiger charge is 2.20. The third-order valence-electron chi connectivity index (χ3n) is 3.06. The fourth-order valence-corrected chi connectivity index (χ4v) is 2.33. The van der Waals surface area contributed by atoms with Gasteiger partial charge in [-0.3, -0.25) is 4.79 Å². The van der Waals surface area contributed by atoms with Crippen LogP contribution in [0.5, 0.6) is 0 Å². The number of carbonyl (C=O) groups is 2. The molecule has 0 spiro atoms. The number of hydrogen-bond donors (Lipinski definition) is 1. The third kappa shape index (κ3) is 4.48. The van der Waals surface area contributed by atoms with Crippen LogP contribution in [0.25, 0.3) is 0 Å². The topological polar surface area (TPSA) is 79.2 Å². The Balaban J connectivity index is 2.03. The molecule has 0 unspecified atom stereocenters. The molecule has 0 heterocycles. The minimum Gasteiger partial charge on any atom is -0.449 e. The number of halogens is 2. The Hall–Kier alpha value is -2.55. The van der Waals surface area contributed by atoms with Crippen LogP contribution in [0.2, 0.25) is 10.0 Å². The zero-order valence-electron chi connectivity index (χ0n) is 12.5. The van der Waals surface area contributed by atoms with Crippen LogP contribution < -0.4 is 5.32 Å². The van der Waals surface area contributed by atoms with E-state index < -0.39 is 18.0 Å². The summed E-state index contributed by atoms with van der Waals surface area (Å²) in [6.07, 6.45) is -1.05. The van der Waals surface area contributed by atoms with E-state index in [0.29, 0.717) is 16.3 Å². The number of rotatable bonds is 4. The summed E-state index contributed by atoms with van der Waals surface area (Å²) in [5, 5.41) is 11.9. The monoisotopic (exact) mass is 362 g/mol. The Morgan fingerprint density at radius 3 is 2.62 bits per heavy atom. The SMILES string of the molecule is C[C@H](OC(=O)c1ccc(Cl)cc1Cl)C(=O)Nc1cccc(C#N)c1. The van der Waals surface area contributed by atoms with Crippen LogP contribution >= 0.6 is 23.2 Å². The molecule has 7 heteroatoms. The van der Waals surface area contributed by atoms with Crippen molar-refractivity contribution in [2.45, 2.75) is 13.0 Å². The molecule has 0 aliphatic carbocycles. The summed E-state index contributed by atoms with van der Waals surface area (Å²) in [4.78, 5) is 24.2. The number of esters is 1. The Kier molecular flexibility index (Phi) is 5.80. The van der Waals surface area contributed by atoms with Crippen molar-refractivity contribution in [2.75, 3.05) is 5.32 Å². The van der Waals surface area contributed by atoms with E-state index in [1.165, 1.54) is 31.2 Å². The van der Waals surface area contributed by atoms with Crippen molar-refractivity contribution in [1.29, 1.82) is 5.26 Å². The second-order valence-electron chi connectivity index (χ2n) is 4.85. The highest BCUT2D eigenvalue weighted by Crippen LogP contribution is 2.22. The third-order valence-corrected chi connectivity index (χ3v) is 3.61. The van der Waals surface area contributed by atoms with Crippen molar-refractivity contribution in [3.8, 4) is 6.07 Å². The largest absolute Gasteiger partial charge is 0.449 e. The van der Waals surface area contributed by atoms with Gasteiger partial charge in [0.05, 0.1) is 22.2 Å². The van der Waals surface area contributed by atoms with Crippen LogP contribution in [0.4, 0.5) is 5.69 Å². The predicted molar refractivity (Wildman–Crippen MR) is 91.1 cm³/mol. The van der Waals surface area contributed by atoms with Crippen molar-refractivity contribution < 1.29 is 14.3 Å². The van der Waals surface area contributed by atoms with Gasteiger partial charge in [0.25, 0.3) is 5.91 Å². The van der Waals surface area contributed by atoms with Crippen LogP contribution in [0.3, 0.4) is 0 Å². The molecule has 2 rings (SSSR count). The van der Waals surface area contributed by atoms with E-state index in [4.69, 9.17) is 33.2 Å². The molecule has 0 saturated heterocycles. The Labute approximate surface area is 148 Å². The fraction of sp³-hybridized carbons (Fsp3) is 0.118. The van der Waals surface area contributed by atoms with Gasteiger partial charge in [0.15, 0.2) is 6.10 Å². The highest BCUT2D eigenvalue weighted by molar-refractivity contribution is 6.36. The molecule has 1 atom stereocenters. The predicted octanol–water partition coefficient (Wildman–Crippen LogP) is 4.05. The van der Waals surface area contributed by atoms with Gasteiger partial charge in [-0.1, -0.05) is 29.3 Å². The average molecular weight is 363 g/mol. The van der Waals surface area contributed by atoms with E-state index in [0.717, 1.165) is 0 Å². The molecule has 122 valence electrons. The van der Waals surface area contributed by atoms with Gasteiger partial charge in [0.1, 0.15) is 0 Å². The molecule has 0 fully saturated rings. The first kappa shape index (κ1) is 17.8. The van der Waals surface area contributed by atoms with Crippen LogP contribution in [0, 0.1) is 11.3 Å². The van der Waals surface area contributed by atoms with Crippen molar-refractivity contribution in [3.63, 3.8) is 0 Å². The number of ether oxygens (including phenoxy) is 1. The molecule has 0 aromatic heterocycles. The number of nitrogens with zero attached hydrogens (tertiary/aromatic N) is 1. The first-order valence-corrected chi connectivity index (χ1v) is 7.63. The molecular weight excluding hydrogens is 351 g/mol. The van der Waals surface area contributed by atoms with Crippen LogP contribution in [0.1, 0.15) is 22.8 Å². The molecule has 0 saturated carbocycles. The smallest absolute Gasteiger partial charge is 0.340 e. The minimum absolute atomic E-state index is 0.118. The second kappa shape index (κ2) is 7.82. The maximum atomic E-state index is 12.1. The van der Waals surface area contributed by atoms with E-state index in [1.807, 2.05) is 6.07 Å². The van der Waals surface area contributed by atoms with Gasteiger partial charge < -0.3 is 10.1 Å². The zero-order valence-corrected chi connectivity index (χ0v) is 14.1. The van der Waals surface area contributed by atoms with E-state index in [-0.39, 0.29) is 10.6 Å². The standard InChI is InChI=1S/C17H12Cl2N2O3/c1-10(16(22)21-13-4-2-3-11(7-13)9-20)24-17(23)14-6-5-12(18)8-15(14)19/h2-8,10H,1H3,(H,21,22)/t10-/m0/s1.